The Morgan fingerprint density at radius 3 is 2.61 bits per heavy atom. The number of likely N-dealkylation sites (tertiary alicyclic amines) is 1. The Hall–Kier alpha value is -2.08. The number of nitrogens with zero attached hydrogens (tertiary/aromatic N) is 1. The van der Waals surface area contributed by atoms with E-state index in [1.807, 2.05) is 30.3 Å². The van der Waals surface area contributed by atoms with Crippen LogP contribution in [0, 0.1) is 11.3 Å². The van der Waals surface area contributed by atoms with Gasteiger partial charge >= 0.3 is 12.1 Å². The van der Waals surface area contributed by atoms with Crippen LogP contribution in [0.5, 0.6) is 0 Å². The minimum Gasteiger partial charge on any atom is -0.481 e. The summed E-state index contributed by atoms with van der Waals surface area (Å²) in [5.74, 6) is -1.39. The largest absolute Gasteiger partial charge is 0.481 e. The van der Waals surface area contributed by atoms with Gasteiger partial charge in [-0.1, -0.05) is 30.3 Å². The van der Waals surface area contributed by atoms with E-state index in [9.17, 15) is 14.7 Å². The molecule has 1 spiro atoms. The molecule has 1 N–H and O–H groups in total. The van der Waals surface area contributed by atoms with E-state index in [4.69, 9.17) is 9.47 Å². The summed E-state index contributed by atoms with van der Waals surface area (Å²) in [6.07, 6.45) is 0.905. The molecule has 1 unspecified atom stereocenters. The van der Waals surface area contributed by atoms with Gasteiger partial charge in [-0.3, -0.25) is 4.79 Å². The summed E-state index contributed by atoms with van der Waals surface area (Å²) in [4.78, 5) is 25.4. The maximum absolute atomic E-state index is 12.3. The Balaban J connectivity index is 1.64. The minimum atomic E-state index is -0.842. The minimum absolute atomic E-state index is 0.198. The van der Waals surface area contributed by atoms with Crippen LogP contribution in [0.4, 0.5) is 4.79 Å². The number of ether oxygens (including phenoxy) is 2. The number of carboxylic acid groups (broad SMARTS) is 1. The van der Waals surface area contributed by atoms with Gasteiger partial charge in [-0.05, 0) is 18.4 Å². The van der Waals surface area contributed by atoms with Crippen molar-refractivity contribution in [1.29, 1.82) is 0 Å². The fraction of sp³-hybridized carbons (Fsp3) is 0.529. The summed E-state index contributed by atoms with van der Waals surface area (Å²) in [6.45, 7) is 1.95. The second kappa shape index (κ2) is 6.58. The standard InChI is InChI=1S/C17H21NO5/c19-15(20)14-10-18(12-17(14)6-8-22-9-7-17)16(21)23-11-13-4-2-1-3-5-13/h1-5,14H,6-12H2,(H,19,20). The number of carbonyl (C=O) groups is 2. The number of hydrogen-bond acceptors (Lipinski definition) is 4. The number of rotatable bonds is 3. The highest BCUT2D eigenvalue weighted by molar-refractivity contribution is 5.75. The zero-order valence-electron chi connectivity index (χ0n) is 12.9. The number of carboxylic acids is 1. The number of aliphatic carboxylic acids is 1. The number of amides is 1. The molecule has 124 valence electrons. The molecule has 2 aliphatic heterocycles. The normalized spacial score (nSPS) is 23.0. The molecule has 0 aliphatic carbocycles. The van der Waals surface area contributed by atoms with Crippen LogP contribution < -0.4 is 0 Å². The lowest BCUT2D eigenvalue weighted by molar-refractivity contribution is -0.146. The van der Waals surface area contributed by atoms with Gasteiger partial charge < -0.3 is 19.5 Å². The molecule has 6 nitrogen and oxygen atoms in total. The first kappa shape index (κ1) is 15.8. The van der Waals surface area contributed by atoms with Crippen molar-refractivity contribution >= 4 is 12.1 Å². The fourth-order valence-electron chi connectivity index (χ4n) is 3.54. The molecule has 2 saturated heterocycles. The highest BCUT2D eigenvalue weighted by atomic mass is 16.6. The van der Waals surface area contributed by atoms with Crippen molar-refractivity contribution in [2.45, 2.75) is 19.4 Å². The summed E-state index contributed by atoms with van der Waals surface area (Å²) in [7, 11) is 0. The zero-order chi connectivity index (χ0) is 16.3. The van der Waals surface area contributed by atoms with Crippen molar-refractivity contribution < 1.29 is 24.2 Å². The summed E-state index contributed by atoms with van der Waals surface area (Å²) in [5, 5.41) is 9.52. The number of benzene rings is 1. The lowest BCUT2D eigenvalue weighted by atomic mass is 9.72. The molecule has 1 atom stereocenters. The van der Waals surface area contributed by atoms with Crippen molar-refractivity contribution in [3.05, 3.63) is 35.9 Å². The Labute approximate surface area is 135 Å². The van der Waals surface area contributed by atoms with E-state index < -0.39 is 18.0 Å². The van der Waals surface area contributed by atoms with Crippen LogP contribution in [0.3, 0.4) is 0 Å². The van der Waals surface area contributed by atoms with Crippen LogP contribution >= 0.6 is 0 Å². The van der Waals surface area contributed by atoms with Gasteiger partial charge in [-0.2, -0.15) is 0 Å². The first-order valence-electron chi connectivity index (χ1n) is 7.87. The molecular weight excluding hydrogens is 298 g/mol. The Kier molecular flexibility index (Phi) is 4.52. The maximum Gasteiger partial charge on any atom is 0.410 e. The molecular formula is C17H21NO5. The van der Waals surface area contributed by atoms with Crippen molar-refractivity contribution in [2.24, 2.45) is 11.3 Å². The van der Waals surface area contributed by atoms with Gasteiger partial charge in [-0.25, -0.2) is 4.79 Å². The first-order valence-corrected chi connectivity index (χ1v) is 7.87. The SMILES string of the molecule is O=C(O)C1CN(C(=O)OCc2ccccc2)CC12CCOCC2. The van der Waals surface area contributed by atoms with Crippen molar-refractivity contribution in [2.75, 3.05) is 26.3 Å². The van der Waals surface area contributed by atoms with Crippen molar-refractivity contribution in [3.8, 4) is 0 Å². The van der Waals surface area contributed by atoms with E-state index in [1.54, 1.807) is 0 Å². The molecule has 0 aromatic heterocycles. The molecule has 1 aromatic carbocycles. The fourth-order valence-corrected chi connectivity index (χ4v) is 3.54. The van der Waals surface area contributed by atoms with Crippen LogP contribution in [0.25, 0.3) is 0 Å². The highest BCUT2D eigenvalue weighted by Crippen LogP contribution is 2.44. The molecule has 23 heavy (non-hydrogen) atoms. The average Bonchev–Trinajstić information content (AvgIpc) is 2.93. The Morgan fingerprint density at radius 2 is 1.96 bits per heavy atom. The van der Waals surface area contributed by atoms with Gasteiger partial charge in [0.1, 0.15) is 6.61 Å². The predicted octanol–water partition coefficient (Wildman–Crippen LogP) is 2.14. The van der Waals surface area contributed by atoms with Gasteiger partial charge in [-0.15, -0.1) is 0 Å². The molecule has 3 rings (SSSR count). The Morgan fingerprint density at radius 1 is 1.26 bits per heavy atom. The third kappa shape index (κ3) is 3.32. The van der Waals surface area contributed by atoms with Gasteiger partial charge in [0.2, 0.25) is 0 Å². The summed E-state index contributed by atoms with van der Waals surface area (Å²) < 4.78 is 10.7. The van der Waals surface area contributed by atoms with Gasteiger partial charge in [0.15, 0.2) is 0 Å². The van der Waals surface area contributed by atoms with E-state index in [0.717, 1.165) is 5.56 Å². The first-order chi connectivity index (χ1) is 11.1. The van der Waals surface area contributed by atoms with Crippen LogP contribution in [0.15, 0.2) is 30.3 Å². The highest BCUT2D eigenvalue weighted by Gasteiger charge is 2.52. The molecule has 0 saturated carbocycles. The lowest BCUT2D eigenvalue weighted by Crippen LogP contribution is -2.40. The topological polar surface area (TPSA) is 76.1 Å². The van der Waals surface area contributed by atoms with Crippen LogP contribution in [-0.2, 0) is 20.9 Å². The van der Waals surface area contributed by atoms with E-state index in [2.05, 4.69) is 0 Å². The second-order valence-electron chi connectivity index (χ2n) is 6.29. The second-order valence-corrected chi connectivity index (χ2v) is 6.29. The maximum atomic E-state index is 12.3. The third-order valence-electron chi connectivity index (χ3n) is 4.90. The monoisotopic (exact) mass is 319 g/mol. The van der Waals surface area contributed by atoms with E-state index in [1.165, 1.54) is 4.90 Å². The number of carbonyl (C=O) groups excluding carboxylic acids is 1. The van der Waals surface area contributed by atoms with Crippen LogP contribution in [0.2, 0.25) is 0 Å². The van der Waals surface area contributed by atoms with Gasteiger partial charge in [0, 0.05) is 31.7 Å². The quantitative estimate of drug-likeness (QED) is 0.923. The zero-order valence-corrected chi connectivity index (χ0v) is 12.9. The average molecular weight is 319 g/mol. The molecule has 0 bridgehead atoms. The van der Waals surface area contributed by atoms with E-state index >= 15 is 0 Å². The number of hydrogen-bond donors (Lipinski definition) is 1. The lowest BCUT2D eigenvalue weighted by Gasteiger charge is -2.35. The summed E-state index contributed by atoms with van der Waals surface area (Å²) in [5.41, 5.74) is 0.533. The van der Waals surface area contributed by atoms with Gasteiger partial charge in [0.25, 0.3) is 0 Å². The van der Waals surface area contributed by atoms with Crippen LogP contribution in [0.1, 0.15) is 18.4 Å². The Bertz CT molecular complexity index is 568. The van der Waals surface area contributed by atoms with Crippen molar-refractivity contribution in [3.63, 3.8) is 0 Å². The molecule has 6 heteroatoms. The summed E-state index contributed by atoms with van der Waals surface area (Å²) in [6, 6.07) is 9.44. The summed E-state index contributed by atoms with van der Waals surface area (Å²) >= 11 is 0. The van der Waals surface area contributed by atoms with Crippen molar-refractivity contribution in [1.82, 2.24) is 4.90 Å². The van der Waals surface area contributed by atoms with Crippen LogP contribution in [-0.4, -0.2) is 48.4 Å². The smallest absolute Gasteiger partial charge is 0.410 e. The van der Waals surface area contributed by atoms with Gasteiger partial charge in [0.05, 0.1) is 5.92 Å². The molecule has 2 aliphatic rings. The molecule has 2 heterocycles. The molecule has 1 amide bonds. The van der Waals surface area contributed by atoms with E-state index in [0.29, 0.717) is 32.6 Å². The molecule has 2 fully saturated rings. The third-order valence-corrected chi connectivity index (χ3v) is 4.90. The molecule has 0 radical (unpaired) electrons. The predicted molar refractivity (Wildman–Crippen MR) is 81.8 cm³/mol. The van der Waals surface area contributed by atoms with E-state index in [-0.39, 0.29) is 18.6 Å². The molecule has 1 aromatic rings.